The highest BCUT2D eigenvalue weighted by Crippen LogP contribution is 2.47. The largest absolute Gasteiger partial charge is 0.481 e. The number of methoxy groups -OCH3 is 1. The van der Waals surface area contributed by atoms with Crippen molar-refractivity contribution in [3.63, 3.8) is 0 Å². The van der Waals surface area contributed by atoms with Gasteiger partial charge in [0.05, 0.1) is 18.4 Å². The number of nitrogens with one attached hydrogen (secondary N) is 1. The van der Waals surface area contributed by atoms with Gasteiger partial charge in [0.15, 0.2) is 0 Å². The number of carbonyl (C=O) groups excluding carboxylic acids is 2. The molecule has 218 valence electrons. The fraction of sp³-hybridized carbons (Fsp3) is 0.333. The minimum absolute atomic E-state index is 0.0425. The van der Waals surface area contributed by atoms with Crippen LogP contribution in [0, 0.1) is 6.92 Å². The van der Waals surface area contributed by atoms with E-state index < -0.39 is 15.4 Å². The molecule has 12 heteroatoms. The van der Waals surface area contributed by atoms with Crippen molar-refractivity contribution < 1.29 is 22.7 Å². The molecule has 42 heavy (non-hydrogen) atoms. The summed E-state index contributed by atoms with van der Waals surface area (Å²) in [6.45, 7) is 5.00. The fourth-order valence-electron chi connectivity index (χ4n) is 5.75. The zero-order valence-electron chi connectivity index (χ0n) is 23.6. The number of ether oxygens (including phenoxy) is 1. The van der Waals surface area contributed by atoms with Crippen molar-refractivity contribution in [2.24, 2.45) is 0 Å². The van der Waals surface area contributed by atoms with Gasteiger partial charge in [-0.05, 0) is 48.7 Å². The Bertz CT molecular complexity index is 1800. The van der Waals surface area contributed by atoms with Crippen LogP contribution >= 0.6 is 11.3 Å². The van der Waals surface area contributed by atoms with E-state index in [1.54, 1.807) is 41.2 Å². The van der Waals surface area contributed by atoms with Crippen molar-refractivity contribution in [3.05, 3.63) is 76.3 Å². The Labute approximate surface area is 248 Å². The van der Waals surface area contributed by atoms with E-state index in [0.717, 1.165) is 16.7 Å². The lowest BCUT2D eigenvalue weighted by atomic mass is 9.81. The first-order chi connectivity index (χ1) is 20.1. The predicted molar refractivity (Wildman–Crippen MR) is 160 cm³/mol. The third-order valence-electron chi connectivity index (χ3n) is 8.07. The van der Waals surface area contributed by atoms with Crippen LogP contribution in [0.5, 0.6) is 5.88 Å². The Morgan fingerprint density at radius 3 is 2.57 bits per heavy atom. The van der Waals surface area contributed by atoms with Gasteiger partial charge < -0.3 is 14.5 Å². The van der Waals surface area contributed by atoms with Gasteiger partial charge in [0.1, 0.15) is 15.4 Å². The van der Waals surface area contributed by atoms with E-state index in [9.17, 15) is 18.0 Å². The first-order valence-electron chi connectivity index (χ1n) is 13.6. The summed E-state index contributed by atoms with van der Waals surface area (Å²) >= 11 is 1.34. The minimum atomic E-state index is -3.83. The van der Waals surface area contributed by atoms with Gasteiger partial charge in [0, 0.05) is 50.3 Å². The van der Waals surface area contributed by atoms with Crippen LogP contribution in [-0.4, -0.2) is 61.8 Å². The predicted octanol–water partition coefficient (Wildman–Crippen LogP) is 3.57. The maximum Gasteiger partial charge on any atom is 0.240 e. The summed E-state index contributed by atoms with van der Waals surface area (Å²) in [5.74, 6) is 0.294. The number of thiazole rings is 1. The summed E-state index contributed by atoms with van der Waals surface area (Å²) in [7, 11) is -2.28. The zero-order chi connectivity index (χ0) is 29.6. The number of amides is 2. The highest BCUT2D eigenvalue weighted by molar-refractivity contribution is 7.89. The average molecular weight is 606 g/mol. The topological polar surface area (TPSA) is 122 Å². The molecule has 2 aliphatic heterocycles. The van der Waals surface area contributed by atoms with Crippen LogP contribution in [0.25, 0.3) is 10.3 Å². The molecule has 4 heterocycles. The first-order valence-corrected chi connectivity index (χ1v) is 15.9. The maximum atomic E-state index is 13.7. The number of hydrogen-bond donors (Lipinski definition) is 1. The van der Waals surface area contributed by atoms with Gasteiger partial charge in [-0.15, -0.1) is 0 Å². The summed E-state index contributed by atoms with van der Waals surface area (Å²) in [6, 6.07) is 16.2. The number of carbonyl (C=O) groups is 2. The molecule has 0 saturated carbocycles. The molecular formula is C30H31N5O5S2. The Balaban J connectivity index is 1.30. The molecule has 2 aliphatic rings. The van der Waals surface area contributed by atoms with Gasteiger partial charge >= 0.3 is 0 Å². The molecule has 6 rings (SSSR count). The number of pyridine rings is 1. The number of likely N-dealkylation sites (tertiary alicyclic amines) is 1. The van der Waals surface area contributed by atoms with Crippen molar-refractivity contribution in [3.8, 4) is 5.88 Å². The molecule has 10 nitrogen and oxygen atoms in total. The summed E-state index contributed by atoms with van der Waals surface area (Å²) in [4.78, 5) is 39.3. The van der Waals surface area contributed by atoms with E-state index in [2.05, 4.69) is 14.7 Å². The molecule has 1 atom stereocenters. The lowest BCUT2D eigenvalue weighted by Gasteiger charge is -2.25. The van der Waals surface area contributed by atoms with Crippen molar-refractivity contribution in [2.45, 2.75) is 43.5 Å². The van der Waals surface area contributed by atoms with Crippen LogP contribution < -0.4 is 14.4 Å². The van der Waals surface area contributed by atoms with Crippen LogP contribution in [-0.2, 0) is 38.0 Å². The molecule has 1 saturated heterocycles. The third-order valence-corrected chi connectivity index (χ3v) is 10.4. The molecule has 0 bridgehead atoms. The number of hydrogen-bond acceptors (Lipinski definition) is 8. The van der Waals surface area contributed by atoms with Crippen molar-refractivity contribution in [2.75, 3.05) is 31.6 Å². The number of fused-ring (bicyclic) bond motifs is 3. The van der Waals surface area contributed by atoms with Gasteiger partial charge in [-0.3, -0.25) is 9.59 Å². The van der Waals surface area contributed by atoms with Crippen LogP contribution in [0.2, 0.25) is 0 Å². The number of aromatic nitrogens is 2. The summed E-state index contributed by atoms with van der Waals surface area (Å²) in [5.41, 5.74) is 3.54. The van der Waals surface area contributed by atoms with Crippen molar-refractivity contribution in [1.29, 1.82) is 0 Å². The van der Waals surface area contributed by atoms with Gasteiger partial charge in [0.25, 0.3) is 0 Å². The van der Waals surface area contributed by atoms with E-state index >= 15 is 0 Å². The number of aryl methyl sites for hydroxylation is 1. The lowest BCUT2D eigenvalue weighted by molar-refractivity contribution is -0.127. The van der Waals surface area contributed by atoms with Crippen LogP contribution in [0.4, 0.5) is 5.69 Å². The van der Waals surface area contributed by atoms with E-state index in [0.29, 0.717) is 53.0 Å². The molecule has 2 aromatic heterocycles. The molecule has 1 N–H and O–H groups in total. The quantitative estimate of drug-likeness (QED) is 0.342. The second kappa shape index (κ2) is 10.8. The first kappa shape index (κ1) is 28.3. The second-order valence-electron chi connectivity index (χ2n) is 10.9. The number of nitrogens with zero attached hydrogens (tertiary/aromatic N) is 4. The van der Waals surface area contributed by atoms with Gasteiger partial charge in [-0.2, -0.15) is 0 Å². The van der Waals surface area contributed by atoms with Gasteiger partial charge in [0.2, 0.25) is 27.7 Å². The van der Waals surface area contributed by atoms with E-state index in [-0.39, 0.29) is 29.7 Å². The van der Waals surface area contributed by atoms with E-state index in [1.807, 2.05) is 37.3 Å². The van der Waals surface area contributed by atoms with Crippen LogP contribution in [0.3, 0.4) is 0 Å². The standard InChI is InChI=1S/C30H31N5O5S2/c1-19-4-6-21(7-5-19)16-31-42(38,39)22-8-10-25-23(14-22)30(12-13-34(17-30)20(2)36)18-35(25)28(37)15-27-32-24-9-11-26(40-3)33-29(24)41-27/h4-11,14,31H,12-13,15-18H2,1-3H3. The van der Waals surface area contributed by atoms with Crippen LogP contribution in [0.1, 0.15) is 35.0 Å². The van der Waals surface area contributed by atoms with Gasteiger partial charge in [-0.1, -0.05) is 41.2 Å². The Morgan fingerprint density at radius 1 is 1.07 bits per heavy atom. The number of rotatable bonds is 7. The molecule has 2 amide bonds. The number of sulfonamides is 1. The Hall–Kier alpha value is -3.87. The average Bonchev–Trinajstić information content (AvgIpc) is 3.68. The molecule has 4 aromatic rings. The monoisotopic (exact) mass is 605 g/mol. The minimum Gasteiger partial charge on any atom is -0.481 e. The summed E-state index contributed by atoms with van der Waals surface area (Å²) < 4.78 is 34.6. The maximum absolute atomic E-state index is 13.7. The van der Waals surface area contributed by atoms with Gasteiger partial charge in [-0.25, -0.2) is 23.1 Å². The molecule has 0 aliphatic carbocycles. The van der Waals surface area contributed by atoms with Crippen molar-refractivity contribution in [1.82, 2.24) is 19.6 Å². The number of anilines is 1. The zero-order valence-corrected chi connectivity index (χ0v) is 25.2. The molecule has 1 fully saturated rings. The lowest BCUT2D eigenvalue weighted by Crippen LogP contribution is -2.40. The SMILES string of the molecule is COc1ccc2nc(CC(=O)N3CC4(CCN(C(C)=O)C4)c4cc(S(=O)(=O)NCc5ccc(C)cc5)ccc43)sc2n1. The molecule has 1 spiro atoms. The third kappa shape index (κ3) is 5.25. The van der Waals surface area contributed by atoms with E-state index in [4.69, 9.17) is 4.74 Å². The number of benzene rings is 2. The molecule has 0 radical (unpaired) electrons. The summed E-state index contributed by atoms with van der Waals surface area (Å²) in [5, 5.41) is 0.634. The highest BCUT2D eigenvalue weighted by atomic mass is 32.2. The second-order valence-corrected chi connectivity index (χ2v) is 13.7. The summed E-state index contributed by atoms with van der Waals surface area (Å²) in [6.07, 6.45) is 0.710. The normalized spacial score (nSPS) is 18.2. The Morgan fingerprint density at radius 2 is 1.86 bits per heavy atom. The molecule has 2 aromatic carbocycles. The molecular weight excluding hydrogens is 574 g/mol. The highest BCUT2D eigenvalue weighted by Gasteiger charge is 2.49. The van der Waals surface area contributed by atoms with E-state index in [1.165, 1.54) is 18.3 Å². The molecule has 1 unspecified atom stereocenters. The van der Waals surface area contributed by atoms with Crippen molar-refractivity contribution >= 4 is 49.2 Å². The fourth-order valence-corrected chi connectivity index (χ4v) is 7.72. The Kier molecular flexibility index (Phi) is 7.24. The van der Waals surface area contributed by atoms with Crippen LogP contribution in [0.15, 0.2) is 59.5 Å². The smallest absolute Gasteiger partial charge is 0.240 e.